The maximum atomic E-state index is 6.24. The van der Waals surface area contributed by atoms with E-state index in [4.69, 9.17) is 9.47 Å². The highest BCUT2D eigenvalue weighted by molar-refractivity contribution is 5.28. The van der Waals surface area contributed by atoms with Crippen molar-refractivity contribution in [2.45, 2.75) is 64.4 Å². The summed E-state index contributed by atoms with van der Waals surface area (Å²) < 4.78 is 11.5. The average molecular weight is 316 g/mol. The molecule has 2 atom stereocenters. The van der Waals surface area contributed by atoms with Gasteiger partial charge in [0.25, 0.3) is 0 Å². The van der Waals surface area contributed by atoms with Gasteiger partial charge in [-0.1, -0.05) is 44.7 Å². The summed E-state index contributed by atoms with van der Waals surface area (Å²) in [6, 6.07) is 8.39. The third kappa shape index (κ3) is 4.29. The van der Waals surface area contributed by atoms with Gasteiger partial charge in [-0.05, 0) is 61.1 Å². The predicted molar refractivity (Wildman–Crippen MR) is 94.8 cm³/mol. The summed E-state index contributed by atoms with van der Waals surface area (Å²) in [7, 11) is 1.71. The molecular formula is C21H32O2. The summed E-state index contributed by atoms with van der Waals surface area (Å²) in [5.41, 5.74) is 1.30. The number of rotatable bonds is 5. The van der Waals surface area contributed by atoms with Crippen molar-refractivity contribution in [2.24, 2.45) is 17.8 Å². The first kappa shape index (κ1) is 16.8. The number of hydrogen-bond donors (Lipinski definition) is 0. The van der Waals surface area contributed by atoms with E-state index in [0.717, 1.165) is 30.1 Å². The van der Waals surface area contributed by atoms with Gasteiger partial charge in [-0.25, -0.2) is 0 Å². The molecule has 0 bridgehead atoms. The molecule has 23 heavy (non-hydrogen) atoms. The number of methoxy groups -OCH3 is 1. The minimum absolute atomic E-state index is 0.286. The predicted octanol–water partition coefficient (Wildman–Crippen LogP) is 5.77. The number of hydrogen-bond acceptors (Lipinski definition) is 2. The summed E-state index contributed by atoms with van der Waals surface area (Å²) in [5, 5.41) is 0. The molecule has 2 fully saturated rings. The van der Waals surface area contributed by atoms with E-state index in [9.17, 15) is 0 Å². The molecule has 2 nitrogen and oxygen atoms in total. The topological polar surface area (TPSA) is 18.5 Å². The van der Waals surface area contributed by atoms with Crippen LogP contribution < -0.4 is 4.74 Å². The van der Waals surface area contributed by atoms with Crippen molar-refractivity contribution in [1.29, 1.82) is 0 Å². The van der Waals surface area contributed by atoms with E-state index in [1.807, 2.05) is 12.1 Å². The van der Waals surface area contributed by atoms with Crippen LogP contribution in [-0.4, -0.2) is 13.7 Å². The van der Waals surface area contributed by atoms with Crippen molar-refractivity contribution in [3.63, 3.8) is 0 Å². The van der Waals surface area contributed by atoms with Crippen molar-refractivity contribution in [3.8, 4) is 5.75 Å². The molecule has 2 unspecified atom stereocenters. The summed E-state index contributed by atoms with van der Waals surface area (Å²) in [5.74, 6) is 3.64. The van der Waals surface area contributed by atoms with Crippen LogP contribution in [0.3, 0.4) is 0 Å². The third-order valence-electron chi connectivity index (χ3n) is 6.05. The molecule has 128 valence electrons. The van der Waals surface area contributed by atoms with E-state index < -0.39 is 0 Å². The highest BCUT2D eigenvalue weighted by atomic mass is 16.5. The molecule has 1 saturated heterocycles. The van der Waals surface area contributed by atoms with Gasteiger partial charge in [-0.3, -0.25) is 0 Å². The molecule has 3 rings (SSSR count). The highest BCUT2D eigenvalue weighted by Crippen LogP contribution is 2.41. The lowest BCUT2D eigenvalue weighted by atomic mass is 9.73. The molecule has 0 spiro atoms. The van der Waals surface area contributed by atoms with Crippen LogP contribution in [0.5, 0.6) is 5.75 Å². The quantitative estimate of drug-likeness (QED) is 0.686. The minimum Gasteiger partial charge on any atom is -0.497 e. The molecule has 1 aliphatic carbocycles. The van der Waals surface area contributed by atoms with Gasteiger partial charge in [0.2, 0.25) is 0 Å². The van der Waals surface area contributed by atoms with Crippen LogP contribution in [0.1, 0.15) is 70.0 Å². The highest BCUT2D eigenvalue weighted by Gasteiger charge is 2.31. The maximum Gasteiger partial charge on any atom is 0.118 e. The van der Waals surface area contributed by atoms with Gasteiger partial charge >= 0.3 is 0 Å². The van der Waals surface area contributed by atoms with Crippen molar-refractivity contribution in [1.82, 2.24) is 0 Å². The Hall–Kier alpha value is -1.02. The van der Waals surface area contributed by atoms with Crippen LogP contribution in [0.2, 0.25) is 0 Å². The molecule has 0 N–H and O–H groups in total. The molecular weight excluding hydrogens is 284 g/mol. The van der Waals surface area contributed by atoms with E-state index in [-0.39, 0.29) is 6.10 Å². The lowest BCUT2D eigenvalue weighted by Gasteiger charge is -2.38. The molecule has 1 aromatic rings. The Morgan fingerprint density at radius 1 is 0.957 bits per heavy atom. The zero-order valence-electron chi connectivity index (χ0n) is 14.8. The Bertz CT molecular complexity index is 451. The monoisotopic (exact) mass is 316 g/mol. The summed E-state index contributed by atoms with van der Waals surface area (Å²) >= 11 is 0. The van der Waals surface area contributed by atoms with Crippen LogP contribution in [0, 0.1) is 17.8 Å². The average Bonchev–Trinajstić information content (AvgIpc) is 2.63. The first-order valence-corrected chi connectivity index (χ1v) is 9.55. The third-order valence-corrected chi connectivity index (χ3v) is 6.05. The van der Waals surface area contributed by atoms with Gasteiger partial charge in [0.15, 0.2) is 0 Å². The number of ether oxygens (including phenoxy) is 2. The van der Waals surface area contributed by atoms with Gasteiger partial charge in [0.05, 0.1) is 19.8 Å². The summed E-state index contributed by atoms with van der Waals surface area (Å²) in [6.07, 6.45) is 11.4. The lowest BCUT2D eigenvalue weighted by molar-refractivity contribution is -0.0404. The van der Waals surface area contributed by atoms with Crippen molar-refractivity contribution < 1.29 is 9.47 Å². The number of benzene rings is 1. The fourth-order valence-electron chi connectivity index (χ4n) is 4.58. The van der Waals surface area contributed by atoms with Gasteiger partial charge in [0, 0.05) is 0 Å². The zero-order chi connectivity index (χ0) is 16.1. The van der Waals surface area contributed by atoms with E-state index >= 15 is 0 Å². The van der Waals surface area contributed by atoms with Gasteiger partial charge in [-0.2, -0.15) is 0 Å². The Kier molecular flexibility index (Phi) is 5.99. The van der Waals surface area contributed by atoms with Crippen LogP contribution >= 0.6 is 0 Å². The van der Waals surface area contributed by atoms with E-state index in [1.54, 1.807) is 7.11 Å². The normalized spacial score (nSPS) is 31.7. The Balaban J connectivity index is 1.46. The maximum absolute atomic E-state index is 6.24. The van der Waals surface area contributed by atoms with Crippen molar-refractivity contribution in [3.05, 3.63) is 29.8 Å². The lowest BCUT2D eigenvalue weighted by Crippen LogP contribution is -2.29. The Morgan fingerprint density at radius 3 is 2.22 bits per heavy atom. The van der Waals surface area contributed by atoms with Gasteiger partial charge < -0.3 is 9.47 Å². The van der Waals surface area contributed by atoms with Crippen LogP contribution in [-0.2, 0) is 4.74 Å². The molecule has 0 amide bonds. The molecule has 0 radical (unpaired) electrons. The second kappa shape index (κ2) is 8.19. The smallest absolute Gasteiger partial charge is 0.118 e. The van der Waals surface area contributed by atoms with Crippen LogP contribution in [0.15, 0.2) is 24.3 Å². The van der Waals surface area contributed by atoms with E-state index in [0.29, 0.717) is 0 Å². The summed E-state index contributed by atoms with van der Waals surface area (Å²) in [6.45, 7) is 3.28. The Labute approximate surface area is 141 Å². The van der Waals surface area contributed by atoms with Gasteiger partial charge in [0.1, 0.15) is 5.75 Å². The SMILES string of the molecule is CCCC1CCC(C2CCC(c3ccc(OC)cc3)OC2)CC1. The minimum atomic E-state index is 0.286. The zero-order valence-corrected chi connectivity index (χ0v) is 14.8. The molecule has 0 aromatic heterocycles. The molecule has 1 saturated carbocycles. The van der Waals surface area contributed by atoms with Crippen molar-refractivity contribution >= 4 is 0 Å². The summed E-state index contributed by atoms with van der Waals surface area (Å²) in [4.78, 5) is 0. The van der Waals surface area contributed by atoms with Gasteiger partial charge in [-0.15, -0.1) is 0 Å². The molecule has 1 aromatic carbocycles. The molecule has 2 heteroatoms. The molecule has 2 aliphatic rings. The fourth-order valence-corrected chi connectivity index (χ4v) is 4.58. The van der Waals surface area contributed by atoms with Crippen LogP contribution in [0.25, 0.3) is 0 Å². The van der Waals surface area contributed by atoms with Crippen molar-refractivity contribution in [2.75, 3.05) is 13.7 Å². The molecule has 1 heterocycles. The second-order valence-electron chi connectivity index (χ2n) is 7.50. The second-order valence-corrected chi connectivity index (χ2v) is 7.50. The first-order chi connectivity index (χ1) is 11.3. The Morgan fingerprint density at radius 2 is 1.65 bits per heavy atom. The largest absolute Gasteiger partial charge is 0.497 e. The fraction of sp³-hybridized carbons (Fsp3) is 0.714. The molecule has 1 aliphatic heterocycles. The van der Waals surface area contributed by atoms with E-state index in [2.05, 4.69) is 19.1 Å². The van der Waals surface area contributed by atoms with Crippen LogP contribution in [0.4, 0.5) is 0 Å². The first-order valence-electron chi connectivity index (χ1n) is 9.55. The van der Waals surface area contributed by atoms with E-state index in [1.165, 1.54) is 56.9 Å². The standard InChI is InChI=1S/C21H32O2/c1-3-4-16-5-7-17(8-6-16)19-11-14-21(23-15-19)18-9-12-20(22-2)13-10-18/h9-10,12-13,16-17,19,21H,3-8,11,14-15H2,1-2H3.